The molecule has 4 heteroatoms. The van der Waals surface area contributed by atoms with Crippen LogP contribution in [0, 0.1) is 0 Å². The van der Waals surface area contributed by atoms with Crippen molar-refractivity contribution >= 4 is 33.2 Å². The summed E-state index contributed by atoms with van der Waals surface area (Å²) in [6, 6.07) is 14.6. The fraction of sp³-hybridized carbons (Fsp3) is 0.294. The fourth-order valence-electron chi connectivity index (χ4n) is 2.46. The predicted octanol–water partition coefficient (Wildman–Crippen LogP) is 5.02. The van der Waals surface area contributed by atoms with E-state index in [0.717, 1.165) is 21.6 Å². The fourth-order valence-corrected chi connectivity index (χ4v) is 3.16. The molecule has 21 heavy (non-hydrogen) atoms. The van der Waals surface area contributed by atoms with Gasteiger partial charge in [0.1, 0.15) is 0 Å². The third-order valence-corrected chi connectivity index (χ3v) is 4.56. The summed E-state index contributed by atoms with van der Waals surface area (Å²) in [6.45, 7) is 3.00. The molecule has 0 aliphatic carbocycles. The SMILES string of the molecule is CNCc1cc(Br)ccc1N(C)C(C)c1ccccc1Cl. The second-order valence-corrected chi connectivity index (χ2v) is 6.43. The van der Waals surface area contributed by atoms with Gasteiger partial charge in [0.25, 0.3) is 0 Å². The van der Waals surface area contributed by atoms with Crippen LogP contribution in [-0.4, -0.2) is 14.1 Å². The maximum absolute atomic E-state index is 6.33. The molecule has 0 aliphatic heterocycles. The topological polar surface area (TPSA) is 15.3 Å². The lowest BCUT2D eigenvalue weighted by atomic mass is 10.0. The van der Waals surface area contributed by atoms with Gasteiger partial charge in [-0.2, -0.15) is 0 Å². The minimum Gasteiger partial charge on any atom is -0.368 e. The lowest BCUT2D eigenvalue weighted by Crippen LogP contribution is -2.24. The van der Waals surface area contributed by atoms with Crippen LogP contribution >= 0.6 is 27.5 Å². The molecular formula is C17H20BrClN2. The molecule has 0 fully saturated rings. The maximum Gasteiger partial charge on any atom is 0.0525 e. The first-order valence-corrected chi connectivity index (χ1v) is 8.12. The standard InChI is InChI=1S/C17H20BrClN2/c1-12(15-6-4-5-7-16(15)19)21(3)17-9-8-14(18)10-13(17)11-20-2/h4-10,12,20H,11H2,1-3H3. The first-order valence-electron chi connectivity index (χ1n) is 6.95. The quantitative estimate of drug-likeness (QED) is 0.798. The molecule has 0 bridgehead atoms. The molecule has 0 spiro atoms. The van der Waals surface area contributed by atoms with Crippen molar-refractivity contribution < 1.29 is 0 Å². The van der Waals surface area contributed by atoms with Gasteiger partial charge in [-0.3, -0.25) is 0 Å². The summed E-state index contributed by atoms with van der Waals surface area (Å²) < 4.78 is 1.09. The normalized spacial score (nSPS) is 12.2. The Hall–Kier alpha value is -1.03. The molecule has 2 rings (SSSR count). The highest BCUT2D eigenvalue weighted by Gasteiger charge is 2.17. The van der Waals surface area contributed by atoms with E-state index in [1.807, 2.05) is 25.2 Å². The van der Waals surface area contributed by atoms with Crippen LogP contribution in [0.2, 0.25) is 5.02 Å². The average Bonchev–Trinajstić information content (AvgIpc) is 2.47. The number of rotatable bonds is 5. The van der Waals surface area contributed by atoms with Crippen LogP contribution in [0.1, 0.15) is 24.1 Å². The summed E-state index contributed by atoms with van der Waals surface area (Å²) in [5.74, 6) is 0. The highest BCUT2D eigenvalue weighted by molar-refractivity contribution is 9.10. The maximum atomic E-state index is 6.33. The van der Waals surface area contributed by atoms with Crippen molar-refractivity contribution in [1.82, 2.24) is 5.32 Å². The average molecular weight is 368 g/mol. The molecule has 2 aromatic carbocycles. The van der Waals surface area contributed by atoms with Crippen molar-refractivity contribution in [3.63, 3.8) is 0 Å². The minimum atomic E-state index is 0.204. The van der Waals surface area contributed by atoms with Gasteiger partial charge in [0.15, 0.2) is 0 Å². The van der Waals surface area contributed by atoms with E-state index >= 15 is 0 Å². The lowest BCUT2D eigenvalue weighted by molar-refractivity contribution is 0.726. The van der Waals surface area contributed by atoms with Gasteiger partial charge in [-0.25, -0.2) is 0 Å². The van der Waals surface area contributed by atoms with Crippen LogP contribution in [-0.2, 0) is 6.54 Å². The third kappa shape index (κ3) is 3.79. The van der Waals surface area contributed by atoms with Crippen molar-refractivity contribution in [1.29, 1.82) is 0 Å². The van der Waals surface area contributed by atoms with Gasteiger partial charge >= 0.3 is 0 Å². The summed E-state index contributed by atoms with van der Waals surface area (Å²) >= 11 is 9.87. The van der Waals surface area contributed by atoms with Crippen molar-refractivity contribution in [2.45, 2.75) is 19.5 Å². The summed E-state index contributed by atoms with van der Waals surface area (Å²) in [5.41, 5.74) is 3.60. The van der Waals surface area contributed by atoms with E-state index in [1.165, 1.54) is 11.3 Å². The number of halogens is 2. The summed E-state index contributed by atoms with van der Waals surface area (Å²) in [6.07, 6.45) is 0. The van der Waals surface area contributed by atoms with Crippen LogP contribution in [0.4, 0.5) is 5.69 Å². The van der Waals surface area contributed by atoms with E-state index in [0.29, 0.717) is 0 Å². The highest BCUT2D eigenvalue weighted by Crippen LogP contribution is 2.32. The van der Waals surface area contributed by atoms with E-state index < -0.39 is 0 Å². The van der Waals surface area contributed by atoms with Crippen LogP contribution in [0.15, 0.2) is 46.9 Å². The molecule has 1 atom stereocenters. The molecule has 0 aromatic heterocycles. The van der Waals surface area contributed by atoms with Crippen LogP contribution in [0.3, 0.4) is 0 Å². The number of nitrogens with one attached hydrogen (secondary N) is 1. The number of anilines is 1. The van der Waals surface area contributed by atoms with Crippen molar-refractivity contribution in [2.75, 3.05) is 19.0 Å². The van der Waals surface area contributed by atoms with Crippen molar-refractivity contribution in [2.24, 2.45) is 0 Å². The number of hydrogen-bond acceptors (Lipinski definition) is 2. The predicted molar refractivity (Wildman–Crippen MR) is 95.2 cm³/mol. The highest BCUT2D eigenvalue weighted by atomic mass is 79.9. The molecule has 1 unspecified atom stereocenters. The van der Waals surface area contributed by atoms with Crippen molar-refractivity contribution in [3.8, 4) is 0 Å². The largest absolute Gasteiger partial charge is 0.368 e. The summed E-state index contributed by atoms with van der Waals surface area (Å²) in [5, 5.41) is 4.03. The summed E-state index contributed by atoms with van der Waals surface area (Å²) in [7, 11) is 4.07. The Morgan fingerprint density at radius 3 is 2.62 bits per heavy atom. The third-order valence-electron chi connectivity index (χ3n) is 3.73. The van der Waals surface area contributed by atoms with Gasteiger partial charge in [0.05, 0.1) is 6.04 Å². The van der Waals surface area contributed by atoms with E-state index in [2.05, 4.69) is 64.4 Å². The van der Waals surface area contributed by atoms with Gasteiger partial charge in [-0.1, -0.05) is 45.7 Å². The molecule has 0 radical (unpaired) electrons. The number of nitrogens with zero attached hydrogens (tertiary/aromatic N) is 1. The molecule has 0 aliphatic rings. The lowest BCUT2D eigenvalue weighted by Gasteiger charge is -2.30. The van der Waals surface area contributed by atoms with E-state index in [9.17, 15) is 0 Å². The molecule has 2 aromatic rings. The van der Waals surface area contributed by atoms with Crippen LogP contribution < -0.4 is 10.2 Å². The zero-order chi connectivity index (χ0) is 15.4. The monoisotopic (exact) mass is 366 g/mol. The zero-order valence-electron chi connectivity index (χ0n) is 12.5. The number of benzene rings is 2. The van der Waals surface area contributed by atoms with Crippen LogP contribution in [0.5, 0.6) is 0 Å². The van der Waals surface area contributed by atoms with E-state index in [1.54, 1.807) is 0 Å². The van der Waals surface area contributed by atoms with Gasteiger partial charge in [-0.15, -0.1) is 0 Å². The Kier molecular flexibility index (Phi) is 5.68. The molecular weight excluding hydrogens is 348 g/mol. The van der Waals surface area contributed by atoms with E-state index in [4.69, 9.17) is 11.6 Å². The van der Waals surface area contributed by atoms with Gasteiger partial charge in [-0.05, 0) is 49.4 Å². The molecule has 1 N–H and O–H groups in total. The smallest absolute Gasteiger partial charge is 0.0525 e. The number of hydrogen-bond donors (Lipinski definition) is 1. The van der Waals surface area contributed by atoms with Gasteiger partial charge in [0, 0.05) is 28.8 Å². The molecule has 0 saturated heterocycles. The molecule has 112 valence electrons. The minimum absolute atomic E-state index is 0.204. The summed E-state index contributed by atoms with van der Waals surface area (Å²) in [4.78, 5) is 2.26. The Labute approximate surface area is 140 Å². The zero-order valence-corrected chi connectivity index (χ0v) is 14.9. The van der Waals surface area contributed by atoms with Gasteiger partial charge in [0.2, 0.25) is 0 Å². The Morgan fingerprint density at radius 1 is 1.24 bits per heavy atom. The molecule has 0 heterocycles. The Morgan fingerprint density at radius 2 is 1.95 bits per heavy atom. The van der Waals surface area contributed by atoms with Crippen molar-refractivity contribution in [3.05, 3.63) is 63.1 Å². The van der Waals surface area contributed by atoms with E-state index in [-0.39, 0.29) is 6.04 Å². The van der Waals surface area contributed by atoms with Crippen LogP contribution in [0.25, 0.3) is 0 Å². The Bertz CT molecular complexity index is 615. The molecule has 2 nitrogen and oxygen atoms in total. The Balaban J connectivity index is 2.35. The second-order valence-electron chi connectivity index (χ2n) is 5.11. The molecule has 0 amide bonds. The van der Waals surface area contributed by atoms with Gasteiger partial charge < -0.3 is 10.2 Å². The first kappa shape index (κ1) is 16.3. The molecule has 0 saturated carbocycles. The first-order chi connectivity index (χ1) is 10.0. The second kappa shape index (κ2) is 7.30.